The first-order chi connectivity index (χ1) is 19.2. The summed E-state index contributed by atoms with van der Waals surface area (Å²) in [7, 11) is 1.58. The van der Waals surface area contributed by atoms with E-state index in [1.165, 1.54) is 0 Å². The molecule has 1 N–H and O–H groups in total. The zero-order valence-electron chi connectivity index (χ0n) is 23.8. The number of hydrogen-bond donors (Lipinski definition) is 1. The fourth-order valence-electron chi connectivity index (χ4n) is 6.82. The molecule has 1 spiro atoms. The van der Waals surface area contributed by atoms with E-state index in [2.05, 4.69) is 13.2 Å². The average molecular weight is 571 g/mol. The average Bonchev–Trinajstić information content (AvgIpc) is 3.53. The molecule has 3 aliphatic rings. The molecule has 3 fully saturated rings. The Morgan fingerprint density at radius 1 is 1.23 bits per heavy atom. The molecule has 6 atom stereocenters. The van der Waals surface area contributed by atoms with Crippen molar-refractivity contribution in [2.24, 2.45) is 11.8 Å². The van der Waals surface area contributed by atoms with Crippen LogP contribution in [-0.4, -0.2) is 76.2 Å². The molecule has 9 heteroatoms. The number of thioether (sulfide) groups is 1. The molecule has 2 bridgehead atoms. The van der Waals surface area contributed by atoms with Crippen molar-refractivity contribution >= 4 is 35.2 Å². The van der Waals surface area contributed by atoms with E-state index < -0.39 is 33.4 Å². The molecule has 40 heavy (non-hydrogen) atoms. The van der Waals surface area contributed by atoms with Crippen LogP contribution in [0, 0.1) is 11.8 Å². The van der Waals surface area contributed by atoms with Gasteiger partial charge >= 0.3 is 5.97 Å². The molecule has 3 heterocycles. The van der Waals surface area contributed by atoms with Gasteiger partial charge < -0.3 is 24.4 Å². The van der Waals surface area contributed by atoms with Crippen molar-refractivity contribution in [3.8, 4) is 5.75 Å². The van der Waals surface area contributed by atoms with E-state index in [0.29, 0.717) is 37.3 Å². The summed E-state index contributed by atoms with van der Waals surface area (Å²) in [6, 6.07) is 5.84. The lowest BCUT2D eigenvalue weighted by molar-refractivity contribution is -0.156. The Kier molecular flexibility index (Phi) is 9.35. The number of methoxy groups -OCH3 is 1. The standard InChI is InChI=1S/C31H42N2O6S/c1-6-9-10-11-19-39-29(37)25-24-27(35)33(21(8-3)20-34)26(31(24)17-16-30(25,4)40-31)28(36)32(18-7-2)22-12-14-23(38-5)15-13-22/h6-7,12-15,21,24-26,34H,1-2,8-11,16-20H2,3-5H3/t21-,24-,25-,26?,30+,31?/m0/s1. The lowest BCUT2D eigenvalue weighted by Crippen LogP contribution is -2.57. The minimum Gasteiger partial charge on any atom is -0.497 e. The Bertz CT molecular complexity index is 1120. The van der Waals surface area contributed by atoms with Crippen LogP contribution in [0.3, 0.4) is 0 Å². The van der Waals surface area contributed by atoms with Gasteiger partial charge in [-0.1, -0.05) is 19.1 Å². The molecular weight excluding hydrogens is 528 g/mol. The highest BCUT2D eigenvalue weighted by Crippen LogP contribution is 2.71. The molecule has 2 unspecified atom stereocenters. The number of unbranched alkanes of at least 4 members (excludes halogenated alkanes) is 2. The third kappa shape index (κ3) is 5.07. The van der Waals surface area contributed by atoms with Crippen LogP contribution in [-0.2, 0) is 19.1 Å². The molecule has 3 saturated heterocycles. The molecule has 8 nitrogen and oxygen atoms in total. The molecule has 218 valence electrons. The number of likely N-dealkylation sites (tertiary alicyclic amines) is 1. The molecule has 2 amide bonds. The topological polar surface area (TPSA) is 96.4 Å². The number of aliphatic hydroxyl groups is 1. The molecule has 4 rings (SSSR count). The minimum atomic E-state index is -0.832. The Morgan fingerprint density at radius 3 is 2.55 bits per heavy atom. The quantitative estimate of drug-likeness (QED) is 0.202. The smallest absolute Gasteiger partial charge is 0.311 e. The van der Waals surface area contributed by atoms with Gasteiger partial charge in [0.25, 0.3) is 5.91 Å². The van der Waals surface area contributed by atoms with Crippen LogP contribution in [0.5, 0.6) is 5.75 Å². The number of carbonyl (C=O) groups is 3. The van der Waals surface area contributed by atoms with Gasteiger partial charge in [0.05, 0.1) is 42.9 Å². The van der Waals surface area contributed by atoms with Gasteiger partial charge in [0.1, 0.15) is 11.8 Å². The van der Waals surface area contributed by atoms with Crippen molar-refractivity contribution < 1.29 is 29.0 Å². The maximum Gasteiger partial charge on any atom is 0.311 e. The molecular formula is C31H42N2O6S. The fourth-order valence-corrected chi connectivity index (χ4v) is 9.15. The Labute approximate surface area is 241 Å². The number of esters is 1. The number of benzene rings is 1. The first-order valence-corrected chi connectivity index (χ1v) is 15.0. The Hall–Kier alpha value is -2.78. The molecule has 0 aromatic heterocycles. The lowest BCUT2D eigenvalue weighted by atomic mass is 9.66. The predicted molar refractivity (Wildman–Crippen MR) is 157 cm³/mol. The van der Waals surface area contributed by atoms with E-state index in [-0.39, 0.29) is 30.9 Å². The van der Waals surface area contributed by atoms with Crippen molar-refractivity contribution in [1.82, 2.24) is 4.90 Å². The number of allylic oxidation sites excluding steroid dienone is 1. The summed E-state index contributed by atoms with van der Waals surface area (Å²) in [5.74, 6) is -1.51. The van der Waals surface area contributed by atoms with E-state index in [1.807, 2.05) is 32.1 Å². The highest BCUT2D eigenvalue weighted by molar-refractivity contribution is 8.02. The molecule has 0 radical (unpaired) electrons. The zero-order valence-corrected chi connectivity index (χ0v) is 24.7. The largest absolute Gasteiger partial charge is 0.497 e. The number of hydrogen-bond acceptors (Lipinski definition) is 7. The summed E-state index contributed by atoms with van der Waals surface area (Å²) in [4.78, 5) is 45.7. The summed E-state index contributed by atoms with van der Waals surface area (Å²) >= 11 is 1.60. The van der Waals surface area contributed by atoms with E-state index in [0.717, 1.165) is 19.3 Å². The van der Waals surface area contributed by atoms with Gasteiger partial charge in [0.15, 0.2) is 0 Å². The molecule has 3 aliphatic heterocycles. The number of rotatable bonds is 14. The SMILES string of the molecule is C=CCCCCOC(=O)[C@@H]1[C@H]2C(=O)N([C@@H](CC)CO)C(C(=O)N(CC=C)c3ccc(OC)cc3)C23CC[C@@]1(C)S3. The van der Waals surface area contributed by atoms with Crippen molar-refractivity contribution in [2.45, 2.75) is 74.0 Å². The van der Waals surface area contributed by atoms with Crippen LogP contribution in [0.4, 0.5) is 5.69 Å². The Morgan fingerprint density at radius 2 is 1.95 bits per heavy atom. The van der Waals surface area contributed by atoms with Gasteiger partial charge in [-0.15, -0.1) is 24.9 Å². The van der Waals surface area contributed by atoms with Crippen LogP contribution < -0.4 is 9.64 Å². The van der Waals surface area contributed by atoms with E-state index in [9.17, 15) is 19.5 Å². The normalized spacial score (nSPS) is 29.1. The second-order valence-electron chi connectivity index (χ2n) is 11.1. The van der Waals surface area contributed by atoms with Gasteiger partial charge in [-0.3, -0.25) is 14.4 Å². The van der Waals surface area contributed by atoms with E-state index in [1.54, 1.807) is 46.9 Å². The summed E-state index contributed by atoms with van der Waals surface area (Å²) in [6.07, 6.45) is 7.78. The summed E-state index contributed by atoms with van der Waals surface area (Å²) in [6.45, 7) is 11.8. The first-order valence-electron chi connectivity index (χ1n) is 14.2. The fraction of sp³-hybridized carbons (Fsp3) is 0.581. The van der Waals surface area contributed by atoms with Crippen LogP contribution in [0.15, 0.2) is 49.6 Å². The zero-order chi connectivity index (χ0) is 29.1. The first kappa shape index (κ1) is 30.2. The molecule has 0 saturated carbocycles. The van der Waals surface area contributed by atoms with Gasteiger partial charge in [-0.2, -0.15) is 0 Å². The molecule has 0 aliphatic carbocycles. The van der Waals surface area contributed by atoms with Crippen LogP contribution in [0.2, 0.25) is 0 Å². The highest BCUT2D eigenvalue weighted by atomic mass is 32.2. The van der Waals surface area contributed by atoms with Crippen molar-refractivity contribution in [2.75, 3.05) is 31.8 Å². The second-order valence-corrected chi connectivity index (χ2v) is 13.0. The minimum absolute atomic E-state index is 0.233. The van der Waals surface area contributed by atoms with Crippen LogP contribution in [0.25, 0.3) is 0 Å². The van der Waals surface area contributed by atoms with Gasteiger partial charge in [-0.25, -0.2) is 0 Å². The maximum absolute atomic E-state index is 14.6. The van der Waals surface area contributed by atoms with Crippen LogP contribution >= 0.6 is 11.8 Å². The maximum atomic E-state index is 14.6. The highest BCUT2D eigenvalue weighted by Gasteiger charge is 2.78. The number of nitrogens with zero attached hydrogens (tertiary/aromatic N) is 2. The summed E-state index contributed by atoms with van der Waals surface area (Å²) in [5, 5.41) is 10.3. The van der Waals surface area contributed by atoms with Crippen LogP contribution in [0.1, 0.15) is 52.4 Å². The van der Waals surface area contributed by atoms with Gasteiger partial charge in [-0.05, 0) is 69.7 Å². The van der Waals surface area contributed by atoms with Crippen molar-refractivity contribution in [3.05, 3.63) is 49.6 Å². The third-order valence-electron chi connectivity index (χ3n) is 8.79. The summed E-state index contributed by atoms with van der Waals surface area (Å²) in [5.41, 5.74) is 0.661. The number of anilines is 1. The number of aliphatic hydroxyl groups excluding tert-OH is 1. The monoisotopic (exact) mass is 570 g/mol. The Balaban J connectivity index is 1.72. The number of amides is 2. The predicted octanol–water partition coefficient (Wildman–Crippen LogP) is 4.37. The number of fused-ring (bicyclic) bond motifs is 1. The molecule has 1 aromatic carbocycles. The van der Waals surface area contributed by atoms with E-state index >= 15 is 0 Å². The van der Waals surface area contributed by atoms with Crippen molar-refractivity contribution in [1.29, 1.82) is 0 Å². The van der Waals surface area contributed by atoms with E-state index in [4.69, 9.17) is 9.47 Å². The van der Waals surface area contributed by atoms with Crippen molar-refractivity contribution in [3.63, 3.8) is 0 Å². The van der Waals surface area contributed by atoms with Gasteiger partial charge in [0, 0.05) is 17.0 Å². The second kappa shape index (κ2) is 12.4. The third-order valence-corrected chi connectivity index (χ3v) is 10.8. The number of carbonyl (C=O) groups excluding carboxylic acids is 3. The number of ether oxygens (including phenoxy) is 2. The summed E-state index contributed by atoms with van der Waals surface area (Å²) < 4.78 is 9.74. The van der Waals surface area contributed by atoms with Gasteiger partial charge in [0.2, 0.25) is 5.91 Å². The molecule has 1 aromatic rings. The lowest BCUT2D eigenvalue weighted by Gasteiger charge is -2.39.